The highest BCUT2D eigenvalue weighted by atomic mass is 19.1. The fraction of sp³-hybridized carbons (Fsp3) is 0.600. The number of nitrogens with two attached hydrogens (primary N) is 1. The van der Waals surface area contributed by atoms with Gasteiger partial charge in [-0.05, 0) is 12.8 Å². The second-order valence-electron chi connectivity index (χ2n) is 4.33. The number of halogens is 1. The Morgan fingerprint density at radius 2 is 2.12 bits per heavy atom. The number of fused-ring (bicyclic) bond motifs is 1. The predicted octanol–water partition coefficient (Wildman–Crippen LogP) is 1.26. The Morgan fingerprint density at radius 1 is 1.29 bits per heavy atom. The zero-order valence-electron chi connectivity index (χ0n) is 9.25. The van der Waals surface area contributed by atoms with Gasteiger partial charge in [0.05, 0.1) is 6.04 Å². The second kappa shape index (κ2) is 3.90. The van der Waals surface area contributed by atoms with Crippen LogP contribution >= 0.6 is 0 Å². The first-order chi connectivity index (χ1) is 8.27. The molecule has 2 N–H and O–H groups in total. The van der Waals surface area contributed by atoms with E-state index < -0.39 is 6.17 Å². The van der Waals surface area contributed by atoms with Gasteiger partial charge in [0.15, 0.2) is 17.0 Å². The number of rotatable bonds is 1. The van der Waals surface area contributed by atoms with Crippen molar-refractivity contribution in [2.24, 2.45) is 0 Å². The highest BCUT2D eigenvalue weighted by Crippen LogP contribution is 2.32. The molecule has 6 nitrogen and oxygen atoms in total. The van der Waals surface area contributed by atoms with Crippen LogP contribution in [0.5, 0.6) is 0 Å². The molecule has 0 aliphatic heterocycles. The van der Waals surface area contributed by atoms with Crippen LogP contribution in [0, 0.1) is 0 Å². The number of nitrogens with zero attached hydrogens (tertiary/aromatic N) is 5. The van der Waals surface area contributed by atoms with E-state index in [4.69, 9.17) is 5.73 Å². The number of anilines is 1. The first-order valence-electron chi connectivity index (χ1n) is 5.73. The Kier molecular flexibility index (Phi) is 2.38. The molecule has 0 radical (unpaired) electrons. The quantitative estimate of drug-likeness (QED) is 0.805. The van der Waals surface area contributed by atoms with Crippen LogP contribution in [0.15, 0.2) is 6.33 Å². The van der Waals surface area contributed by atoms with Crippen molar-refractivity contribution < 1.29 is 4.39 Å². The fourth-order valence-corrected chi connectivity index (χ4v) is 2.35. The normalized spacial score (nSPS) is 25.2. The van der Waals surface area contributed by atoms with Gasteiger partial charge in [0.1, 0.15) is 12.5 Å². The average molecular weight is 236 g/mol. The predicted molar refractivity (Wildman–Crippen MR) is 59.9 cm³/mol. The standard InChI is InChI=1S/C10H13FN6/c11-6-3-1-2-4-7(6)17-10-8(15-16-17)9(12)13-5-14-10/h5-7H,1-4H2,(H2,12,13,14). The maximum Gasteiger partial charge on any atom is 0.184 e. The minimum atomic E-state index is -0.884. The van der Waals surface area contributed by atoms with E-state index in [0.29, 0.717) is 17.6 Å². The molecular formula is C10H13FN6. The number of hydrogen-bond donors (Lipinski definition) is 1. The minimum Gasteiger partial charge on any atom is -0.382 e. The third kappa shape index (κ3) is 1.62. The molecule has 1 saturated carbocycles. The van der Waals surface area contributed by atoms with Crippen molar-refractivity contribution in [1.29, 1.82) is 0 Å². The lowest BCUT2D eigenvalue weighted by Gasteiger charge is -2.25. The van der Waals surface area contributed by atoms with Gasteiger partial charge in [0.25, 0.3) is 0 Å². The number of aromatic nitrogens is 5. The van der Waals surface area contributed by atoms with E-state index >= 15 is 0 Å². The summed E-state index contributed by atoms with van der Waals surface area (Å²) in [6, 6.07) is -0.275. The Hall–Kier alpha value is -1.79. The molecule has 2 aromatic heterocycles. The maximum absolute atomic E-state index is 13.9. The molecule has 2 heterocycles. The Bertz CT molecular complexity index is 539. The Morgan fingerprint density at radius 3 is 2.94 bits per heavy atom. The lowest BCUT2D eigenvalue weighted by Crippen LogP contribution is -2.25. The smallest absolute Gasteiger partial charge is 0.184 e. The molecule has 7 heteroatoms. The number of alkyl halides is 1. The van der Waals surface area contributed by atoms with Gasteiger partial charge in [-0.2, -0.15) is 0 Å². The number of hydrogen-bond acceptors (Lipinski definition) is 5. The third-order valence-electron chi connectivity index (χ3n) is 3.25. The number of nitrogen functional groups attached to an aromatic ring is 1. The molecule has 2 aromatic rings. The van der Waals surface area contributed by atoms with Gasteiger partial charge in [-0.15, -0.1) is 5.10 Å². The van der Waals surface area contributed by atoms with Gasteiger partial charge >= 0.3 is 0 Å². The summed E-state index contributed by atoms with van der Waals surface area (Å²) in [6.45, 7) is 0. The van der Waals surface area contributed by atoms with Crippen LogP contribution < -0.4 is 5.73 Å². The highest BCUT2D eigenvalue weighted by Gasteiger charge is 2.29. The summed E-state index contributed by atoms with van der Waals surface area (Å²) >= 11 is 0. The van der Waals surface area contributed by atoms with Crippen molar-refractivity contribution in [2.75, 3.05) is 5.73 Å². The molecule has 17 heavy (non-hydrogen) atoms. The van der Waals surface area contributed by atoms with Crippen LogP contribution in [0.2, 0.25) is 0 Å². The first-order valence-corrected chi connectivity index (χ1v) is 5.73. The van der Waals surface area contributed by atoms with Crippen molar-refractivity contribution in [3.8, 4) is 0 Å². The van der Waals surface area contributed by atoms with Crippen molar-refractivity contribution in [1.82, 2.24) is 25.0 Å². The summed E-state index contributed by atoms with van der Waals surface area (Å²) in [5.74, 6) is 0.285. The fourth-order valence-electron chi connectivity index (χ4n) is 2.35. The highest BCUT2D eigenvalue weighted by molar-refractivity contribution is 5.80. The van der Waals surface area contributed by atoms with E-state index in [-0.39, 0.29) is 11.9 Å². The van der Waals surface area contributed by atoms with Gasteiger partial charge in [-0.3, -0.25) is 0 Å². The Labute approximate surface area is 97.0 Å². The van der Waals surface area contributed by atoms with Gasteiger partial charge in [0, 0.05) is 0 Å². The van der Waals surface area contributed by atoms with Crippen molar-refractivity contribution in [3.63, 3.8) is 0 Å². The monoisotopic (exact) mass is 236 g/mol. The summed E-state index contributed by atoms with van der Waals surface area (Å²) in [5.41, 5.74) is 6.64. The topological polar surface area (TPSA) is 82.5 Å². The average Bonchev–Trinajstić information content (AvgIpc) is 2.75. The summed E-state index contributed by atoms with van der Waals surface area (Å²) in [4.78, 5) is 7.93. The van der Waals surface area contributed by atoms with E-state index in [1.54, 1.807) is 4.68 Å². The van der Waals surface area contributed by atoms with Gasteiger partial charge in [0.2, 0.25) is 0 Å². The van der Waals surface area contributed by atoms with Gasteiger partial charge in [-0.25, -0.2) is 19.0 Å². The summed E-state index contributed by atoms with van der Waals surface area (Å²) in [5, 5.41) is 7.90. The van der Waals surface area contributed by atoms with Crippen molar-refractivity contribution in [2.45, 2.75) is 37.9 Å². The molecule has 2 atom stereocenters. The van der Waals surface area contributed by atoms with E-state index in [1.165, 1.54) is 6.33 Å². The van der Waals surface area contributed by atoms with Gasteiger partial charge < -0.3 is 5.73 Å². The molecule has 1 aliphatic rings. The largest absolute Gasteiger partial charge is 0.382 e. The minimum absolute atomic E-state index is 0.275. The summed E-state index contributed by atoms with van der Waals surface area (Å²) < 4.78 is 15.4. The van der Waals surface area contributed by atoms with Crippen LogP contribution in [-0.4, -0.2) is 31.1 Å². The molecule has 90 valence electrons. The molecule has 2 unspecified atom stereocenters. The molecule has 0 amide bonds. The molecule has 0 spiro atoms. The summed E-state index contributed by atoms with van der Waals surface area (Å²) in [7, 11) is 0. The maximum atomic E-state index is 13.9. The SMILES string of the molecule is Nc1ncnc2c1nnn2C1CCCCC1F. The molecule has 1 fully saturated rings. The van der Waals surface area contributed by atoms with E-state index in [2.05, 4.69) is 20.3 Å². The third-order valence-corrected chi connectivity index (χ3v) is 3.25. The van der Waals surface area contributed by atoms with Crippen LogP contribution in [0.25, 0.3) is 11.2 Å². The molecule has 3 rings (SSSR count). The van der Waals surface area contributed by atoms with Crippen molar-refractivity contribution in [3.05, 3.63) is 6.33 Å². The molecule has 1 aliphatic carbocycles. The van der Waals surface area contributed by atoms with E-state index in [9.17, 15) is 4.39 Å². The lowest BCUT2D eigenvalue weighted by molar-refractivity contribution is 0.161. The second-order valence-corrected chi connectivity index (χ2v) is 4.33. The molecule has 0 bridgehead atoms. The van der Waals surface area contributed by atoms with Crippen molar-refractivity contribution >= 4 is 17.0 Å². The van der Waals surface area contributed by atoms with E-state index in [1.807, 2.05) is 0 Å². The zero-order chi connectivity index (χ0) is 11.8. The van der Waals surface area contributed by atoms with Crippen LogP contribution in [0.3, 0.4) is 0 Å². The zero-order valence-corrected chi connectivity index (χ0v) is 9.25. The van der Waals surface area contributed by atoms with Crippen LogP contribution in [0.4, 0.5) is 10.2 Å². The molecular weight excluding hydrogens is 223 g/mol. The van der Waals surface area contributed by atoms with E-state index in [0.717, 1.165) is 19.3 Å². The van der Waals surface area contributed by atoms with Crippen LogP contribution in [-0.2, 0) is 0 Å². The molecule has 0 aromatic carbocycles. The summed E-state index contributed by atoms with van der Waals surface area (Å²) in [6.07, 6.45) is 3.75. The molecule has 0 saturated heterocycles. The van der Waals surface area contributed by atoms with Crippen LogP contribution in [0.1, 0.15) is 31.7 Å². The Balaban J connectivity index is 2.08. The first kappa shape index (κ1) is 10.4. The lowest BCUT2D eigenvalue weighted by atomic mass is 9.94. The van der Waals surface area contributed by atoms with Gasteiger partial charge in [-0.1, -0.05) is 18.1 Å².